The van der Waals surface area contributed by atoms with Gasteiger partial charge in [0.2, 0.25) is 5.91 Å². The first-order valence-electron chi connectivity index (χ1n) is 6.11. The zero-order chi connectivity index (χ0) is 13.8. The third-order valence-electron chi connectivity index (χ3n) is 2.84. The average molecular weight is 275 g/mol. The number of aromatic nitrogens is 1. The summed E-state index contributed by atoms with van der Waals surface area (Å²) < 4.78 is 0. The molecule has 4 nitrogen and oxygen atoms in total. The number of rotatable bonds is 4. The Labute approximate surface area is 116 Å². The van der Waals surface area contributed by atoms with E-state index in [0.717, 1.165) is 22.0 Å². The summed E-state index contributed by atoms with van der Waals surface area (Å²) in [6.45, 7) is 3.50. The molecular formula is C14H17N3OS. The van der Waals surface area contributed by atoms with Crippen molar-refractivity contribution in [2.45, 2.75) is 19.9 Å². The van der Waals surface area contributed by atoms with Gasteiger partial charge in [-0.15, -0.1) is 11.3 Å². The highest BCUT2D eigenvalue weighted by Crippen LogP contribution is 2.25. The number of carbonyl (C=O) groups is 1. The van der Waals surface area contributed by atoms with Crippen LogP contribution >= 0.6 is 11.3 Å². The van der Waals surface area contributed by atoms with Crippen molar-refractivity contribution in [3.05, 3.63) is 35.2 Å². The Morgan fingerprint density at radius 2 is 2.00 bits per heavy atom. The van der Waals surface area contributed by atoms with Gasteiger partial charge in [-0.2, -0.15) is 0 Å². The fourth-order valence-corrected chi connectivity index (χ4v) is 2.53. The van der Waals surface area contributed by atoms with Crippen molar-refractivity contribution in [1.29, 1.82) is 0 Å². The topological polar surface area (TPSA) is 54.0 Å². The second-order valence-corrected chi connectivity index (χ2v) is 5.19. The number of amides is 1. The third-order valence-corrected chi connectivity index (χ3v) is 3.70. The Balaban J connectivity index is 2.16. The van der Waals surface area contributed by atoms with Crippen molar-refractivity contribution in [3.63, 3.8) is 0 Å². The fourth-order valence-electron chi connectivity index (χ4n) is 1.85. The molecule has 1 heterocycles. The summed E-state index contributed by atoms with van der Waals surface area (Å²) in [5, 5.41) is 8.83. The van der Waals surface area contributed by atoms with E-state index in [4.69, 9.17) is 0 Å². The molecule has 0 spiro atoms. The van der Waals surface area contributed by atoms with Gasteiger partial charge in [0.1, 0.15) is 0 Å². The lowest BCUT2D eigenvalue weighted by Crippen LogP contribution is -2.23. The van der Waals surface area contributed by atoms with Crippen LogP contribution in [0.3, 0.4) is 0 Å². The molecule has 2 aromatic rings. The molecule has 2 rings (SSSR count). The van der Waals surface area contributed by atoms with E-state index in [1.165, 1.54) is 6.92 Å². The van der Waals surface area contributed by atoms with Crippen molar-refractivity contribution in [1.82, 2.24) is 10.3 Å². The Hall–Kier alpha value is -1.88. The van der Waals surface area contributed by atoms with E-state index in [9.17, 15) is 4.79 Å². The quantitative estimate of drug-likeness (QED) is 0.901. The molecule has 2 N–H and O–H groups in total. The van der Waals surface area contributed by atoms with Gasteiger partial charge < -0.3 is 10.6 Å². The van der Waals surface area contributed by atoms with Gasteiger partial charge >= 0.3 is 0 Å². The number of carbonyl (C=O) groups excluding carboxylic acids is 1. The van der Waals surface area contributed by atoms with E-state index in [0.29, 0.717) is 0 Å². The molecular weight excluding hydrogens is 258 g/mol. The monoisotopic (exact) mass is 275 g/mol. The van der Waals surface area contributed by atoms with Crippen LogP contribution in [0.5, 0.6) is 0 Å². The minimum absolute atomic E-state index is 0.0188. The Kier molecular flexibility index (Phi) is 4.16. The first kappa shape index (κ1) is 13.5. The molecule has 0 fully saturated rings. The lowest BCUT2D eigenvalue weighted by molar-refractivity contribution is -0.119. The predicted octanol–water partition coefficient (Wildman–Crippen LogP) is 3.05. The van der Waals surface area contributed by atoms with Gasteiger partial charge in [0.05, 0.1) is 11.7 Å². The van der Waals surface area contributed by atoms with Gasteiger partial charge in [0.15, 0.2) is 5.13 Å². The zero-order valence-electron chi connectivity index (χ0n) is 11.2. The molecule has 1 aromatic heterocycles. The predicted molar refractivity (Wildman–Crippen MR) is 79.3 cm³/mol. The molecule has 1 atom stereocenters. The second-order valence-electron chi connectivity index (χ2n) is 4.33. The van der Waals surface area contributed by atoms with Crippen molar-refractivity contribution < 1.29 is 4.79 Å². The lowest BCUT2D eigenvalue weighted by Gasteiger charge is -2.12. The summed E-state index contributed by atoms with van der Waals surface area (Å²) in [5.74, 6) is -0.0188. The van der Waals surface area contributed by atoms with Crippen LogP contribution in [0.25, 0.3) is 11.3 Å². The Bertz CT molecular complexity index is 562. The van der Waals surface area contributed by atoms with Crippen molar-refractivity contribution in [3.8, 4) is 11.3 Å². The van der Waals surface area contributed by atoms with E-state index >= 15 is 0 Å². The maximum Gasteiger partial charge on any atom is 0.217 e. The third kappa shape index (κ3) is 3.32. The van der Waals surface area contributed by atoms with Gasteiger partial charge in [0, 0.05) is 24.9 Å². The van der Waals surface area contributed by atoms with E-state index in [1.54, 1.807) is 11.3 Å². The lowest BCUT2D eigenvalue weighted by atomic mass is 10.1. The van der Waals surface area contributed by atoms with Crippen LogP contribution in [-0.2, 0) is 4.79 Å². The summed E-state index contributed by atoms with van der Waals surface area (Å²) in [5.41, 5.74) is 3.13. The van der Waals surface area contributed by atoms with Crippen LogP contribution in [0, 0.1) is 0 Å². The highest BCUT2D eigenvalue weighted by Gasteiger charge is 2.08. The average Bonchev–Trinajstić information content (AvgIpc) is 2.87. The number of nitrogens with zero attached hydrogens (tertiary/aromatic N) is 1. The summed E-state index contributed by atoms with van der Waals surface area (Å²) in [6.07, 6.45) is 0. The number of thiazole rings is 1. The summed E-state index contributed by atoms with van der Waals surface area (Å²) >= 11 is 1.58. The zero-order valence-corrected chi connectivity index (χ0v) is 12.0. The van der Waals surface area contributed by atoms with Crippen molar-refractivity contribution in [2.75, 3.05) is 12.4 Å². The Morgan fingerprint density at radius 1 is 1.32 bits per heavy atom. The van der Waals surface area contributed by atoms with Crippen LogP contribution in [0.4, 0.5) is 5.13 Å². The Morgan fingerprint density at radius 3 is 2.53 bits per heavy atom. The summed E-state index contributed by atoms with van der Waals surface area (Å²) in [4.78, 5) is 15.5. The molecule has 1 aromatic carbocycles. The van der Waals surface area contributed by atoms with Crippen molar-refractivity contribution in [2.24, 2.45) is 0 Å². The molecule has 0 aliphatic rings. The molecule has 0 aliphatic carbocycles. The number of nitrogens with one attached hydrogen (secondary N) is 2. The van der Waals surface area contributed by atoms with E-state index in [1.807, 2.05) is 43.6 Å². The van der Waals surface area contributed by atoms with Gasteiger partial charge in [-0.3, -0.25) is 4.79 Å². The highest BCUT2D eigenvalue weighted by atomic mass is 32.1. The smallest absolute Gasteiger partial charge is 0.217 e. The molecule has 0 aliphatic heterocycles. The molecule has 0 radical (unpaired) electrons. The van der Waals surface area contributed by atoms with Crippen LogP contribution in [0.2, 0.25) is 0 Å². The summed E-state index contributed by atoms with van der Waals surface area (Å²) in [6, 6.07) is 8.13. The van der Waals surface area contributed by atoms with Gasteiger partial charge in [0.25, 0.3) is 0 Å². The highest BCUT2D eigenvalue weighted by molar-refractivity contribution is 7.14. The van der Waals surface area contributed by atoms with Gasteiger partial charge in [-0.1, -0.05) is 24.3 Å². The molecule has 0 saturated heterocycles. The van der Waals surface area contributed by atoms with Crippen molar-refractivity contribution >= 4 is 22.4 Å². The van der Waals surface area contributed by atoms with Gasteiger partial charge in [-0.25, -0.2) is 4.98 Å². The maximum atomic E-state index is 11.0. The van der Waals surface area contributed by atoms with E-state index in [-0.39, 0.29) is 11.9 Å². The minimum atomic E-state index is -0.0188. The van der Waals surface area contributed by atoms with Crippen LogP contribution < -0.4 is 10.6 Å². The molecule has 19 heavy (non-hydrogen) atoms. The molecule has 100 valence electrons. The minimum Gasteiger partial charge on any atom is -0.365 e. The second kappa shape index (κ2) is 5.84. The molecule has 1 unspecified atom stereocenters. The largest absolute Gasteiger partial charge is 0.365 e. The maximum absolute atomic E-state index is 11.0. The van der Waals surface area contributed by atoms with E-state index in [2.05, 4.69) is 15.6 Å². The molecule has 5 heteroatoms. The van der Waals surface area contributed by atoms with Crippen LogP contribution in [-0.4, -0.2) is 17.9 Å². The standard InChI is InChI=1S/C14H17N3OS/c1-9(16-10(2)18)11-4-6-12(7-5-11)13-8-19-14(15-3)17-13/h4-9H,1-3H3,(H,15,17)(H,16,18). The first-order valence-corrected chi connectivity index (χ1v) is 6.99. The molecule has 0 bridgehead atoms. The molecule has 1 amide bonds. The van der Waals surface area contributed by atoms with Gasteiger partial charge in [-0.05, 0) is 12.5 Å². The number of anilines is 1. The fraction of sp³-hybridized carbons (Fsp3) is 0.286. The van der Waals surface area contributed by atoms with E-state index < -0.39 is 0 Å². The summed E-state index contributed by atoms with van der Waals surface area (Å²) in [7, 11) is 1.86. The van der Waals surface area contributed by atoms with Crippen LogP contribution in [0.1, 0.15) is 25.5 Å². The number of benzene rings is 1. The normalized spacial score (nSPS) is 11.9. The first-order chi connectivity index (χ1) is 9.10. The van der Waals surface area contributed by atoms with Crippen LogP contribution in [0.15, 0.2) is 29.6 Å². The number of hydrogen-bond donors (Lipinski definition) is 2. The SMILES string of the molecule is CNc1nc(-c2ccc(C(C)NC(C)=O)cc2)cs1. The molecule has 0 saturated carbocycles. The number of hydrogen-bond acceptors (Lipinski definition) is 4.